The molecule has 3 aromatic heterocycles. The molecule has 4 aromatic rings. The molecule has 1 aliphatic heterocycles. The van der Waals surface area contributed by atoms with Gasteiger partial charge in [-0.15, -0.1) is 0 Å². The quantitative estimate of drug-likeness (QED) is 0.435. The van der Waals surface area contributed by atoms with Crippen molar-refractivity contribution < 1.29 is 4.79 Å². The van der Waals surface area contributed by atoms with Crippen molar-refractivity contribution in [3.05, 3.63) is 82.8 Å². The van der Waals surface area contributed by atoms with E-state index < -0.39 is 0 Å². The molecule has 0 spiro atoms. The zero-order valence-electron chi connectivity index (χ0n) is 20.4. The van der Waals surface area contributed by atoms with Crippen molar-refractivity contribution in [1.82, 2.24) is 29.0 Å². The molecule has 0 radical (unpaired) electrons. The van der Waals surface area contributed by atoms with Crippen LogP contribution in [0.4, 0.5) is 0 Å². The summed E-state index contributed by atoms with van der Waals surface area (Å²) in [5.41, 5.74) is 5.77. The maximum Gasteiger partial charge on any atom is 0.257 e. The Morgan fingerprint density at radius 2 is 1.82 bits per heavy atom. The minimum Gasteiger partial charge on any atom is -0.338 e. The molecule has 0 saturated carbocycles. The zero-order chi connectivity index (χ0) is 23.8. The first-order valence-corrected chi connectivity index (χ1v) is 12.1. The number of piperidine rings is 1. The number of hydrogen-bond donors (Lipinski definition) is 0. The number of aryl methyl sites for hydroxylation is 2. The number of nitrogens with zero attached hydrogens (tertiary/aromatic N) is 6. The molecular weight excluding hydrogens is 424 g/mol. The van der Waals surface area contributed by atoms with Gasteiger partial charge in [0.25, 0.3) is 5.91 Å². The van der Waals surface area contributed by atoms with Crippen molar-refractivity contribution in [2.75, 3.05) is 13.1 Å². The highest BCUT2D eigenvalue weighted by Gasteiger charge is 2.28. The second-order valence-electron chi connectivity index (χ2n) is 9.69. The van der Waals surface area contributed by atoms with Gasteiger partial charge in [-0.1, -0.05) is 38.1 Å². The van der Waals surface area contributed by atoms with Crippen LogP contribution in [0, 0.1) is 13.8 Å². The van der Waals surface area contributed by atoms with E-state index in [1.54, 1.807) is 10.7 Å². The highest BCUT2D eigenvalue weighted by atomic mass is 16.2. The van der Waals surface area contributed by atoms with E-state index >= 15 is 0 Å². The fourth-order valence-corrected chi connectivity index (χ4v) is 4.90. The number of rotatable bonds is 5. The van der Waals surface area contributed by atoms with Crippen LogP contribution in [0.25, 0.3) is 5.65 Å². The molecule has 1 saturated heterocycles. The van der Waals surface area contributed by atoms with Crippen LogP contribution in [-0.2, 0) is 6.54 Å². The van der Waals surface area contributed by atoms with E-state index in [2.05, 4.69) is 59.0 Å². The molecule has 0 bridgehead atoms. The second-order valence-corrected chi connectivity index (χ2v) is 9.69. The van der Waals surface area contributed by atoms with Gasteiger partial charge in [-0.2, -0.15) is 5.10 Å². The summed E-state index contributed by atoms with van der Waals surface area (Å²) in [4.78, 5) is 24.4. The van der Waals surface area contributed by atoms with Crippen LogP contribution in [0.15, 0.2) is 48.9 Å². The Kier molecular flexibility index (Phi) is 5.94. The van der Waals surface area contributed by atoms with Crippen molar-refractivity contribution in [2.45, 2.75) is 58.9 Å². The number of likely N-dealkylation sites (tertiary alicyclic amines) is 1. The highest BCUT2D eigenvalue weighted by Crippen LogP contribution is 2.28. The van der Waals surface area contributed by atoms with Crippen molar-refractivity contribution in [3.8, 4) is 0 Å². The van der Waals surface area contributed by atoms with Gasteiger partial charge in [-0.3, -0.25) is 4.79 Å². The second kappa shape index (κ2) is 9.05. The molecule has 1 amide bonds. The lowest BCUT2D eigenvalue weighted by molar-refractivity contribution is 0.0708. The molecule has 176 valence electrons. The van der Waals surface area contributed by atoms with Gasteiger partial charge < -0.3 is 9.47 Å². The Bertz CT molecular complexity index is 1310. The fourth-order valence-electron chi connectivity index (χ4n) is 4.90. The lowest BCUT2D eigenvalue weighted by Gasteiger charge is -2.32. The minimum absolute atomic E-state index is 0.0343. The molecule has 1 aliphatic rings. The first-order chi connectivity index (χ1) is 16.4. The smallest absolute Gasteiger partial charge is 0.257 e. The lowest BCUT2D eigenvalue weighted by Crippen LogP contribution is -2.39. The van der Waals surface area contributed by atoms with E-state index in [0.29, 0.717) is 17.4 Å². The van der Waals surface area contributed by atoms with E-state index in [-0.39, 0.29) is 5.91 Å². The summed E-state index contributed by atoms with van der Waals surface area (Å²) in [6.45, 7) is 10.6. The fraction of sp³-hybridized carbons (Fsp3) is 0.407. The van der Waals surface area contributed by atoms with Crippen LogP contribution < -0.4 is 0 Å². The lowest BCUT2D eigenvalue weighted by atomic mass is 9.95. The molecule has 1 aromatic carbocycles. The maximum absolute atomic E-state index is 13.3. The Labute approximate surface area is 200 Å². The number of benzene rings is 1. The third kappa shape index (κ3) is 4.22. The third-order valence-corrected chi connectivity index (χ3v) is 6.97. The van der Waals surface area contributed by atoms with Crippen LogP contribution in [0.2, 0.25) is 0 Å². The molecule has 0 atom stereocenters. The molecule has 1 fully saturated rings. The van der Waals surface area contributed by atoms with Gasteiger partial charge >= 0.3 is 0 Å². The van der Waals surface area contributed by atoms with Gasteiger partial charge in [-0.05, 0) is 43.7 Å². The van der Waals surface area contributed by atoms with Gasteiger partial charge in [0, 0.05) is 50.2 Å². The minimum atomic E-state index is 0.0343. The molecule has 34 heavy (non-hydrogen) atoms. The number of aromatic nitrogens is 5. The predicted octanol–water partition coefficient (Wildman–Crippen LogP) is 4.73. The normalized spacial score (nSPS) is 14.9. The van der Waals surface area contributed by atoms with Crippen molar-refractivity contribution in [1.29, 1.82) is 0 Å². The van der Waals surface area contributed by atoms with Crippen LogP contribution in [0.5, 0.6) is 0 Å². The Hall–Kier alpha value is -3.48. The number of fused-ring (bicyclic) bond motifs is 1. The van der Waals surface area contributed by atoms with Crippen LogP contribution in [0.3, 0.4) is 0 Å². The predicted molar refractivity (Wildman–Crippen MR) is 132 cm³/mol. The van der Waals surface area contributed by atoms with Gasteiger partial charge in [-0.25, -0.2) is 14.5 Å². The SMILES string of the molecule is Cc1cc2ncc(C(=O)N3CCC(c4nccn4Cc4ccc(C(C)C)cc4)CC3)c(C)n2n1. The number of amides is 1. The summed E-state index contributed by atoms with van der Waals surface area (Å²) < 4.78 is 4.02. The zero-order valence-corrected chi connectivity index (χ0v) is 20.4. The summed E-state index contributed by atoms with van der Waals surface area (Å²) in [5.74, 6) is 2.04. The van der Waals surface area contributed by atoms with Gasteiger partial charge in [0.15, 0.2) is 5.65 Å². The Balaban J connectivity index is 1.26. The first-order valence-electron chi connectivity index (χ1n) is 12.1. The average molecular weight is 457 g/mol. The third-order valence-electron chi connectivity index (χ3n) is 6.97. The van der Waals surface area contributed by atoms with E-state index in [1.807, 2.05) is 31.0 Å². The number of carbonyl (C=O) groups is 1. The number of carbonyl (C=O) groups excluding carboxylic acids is 1. The van der Waals surface area contributed by atoms with Crippen LogP contribution in [-0.4, -0.2) is 48.0 Å². The maximum atomic E-state index is 13.3. The van der Waals surface area contributed by atoms with Gasteiger partial charge in [0.2, 0.25) is 0 Å². The van der Waals surface area contributed by atoms with E-state index in [0.717, 1.165) is 55.3 Å². The van der Waals surface area contributed by atoms with Crippen LogP contribution >= 0.6 is 0 Å². The summed E-state index contributed by atoms with van der Waals surface area (Å²) in [6.07, 6.45) is 7.47. The number of hydrogen-bond acceptors (Lipinski definition) is 4. The molecule has 7 heteroatoms. The monoisotopic (exact) mass is 456 g/mol. The van der Waals surface area contributed by atoms with Crippen LogP contribution in [0.1, 0.15) is 77.2 Å². The highest BCUT2D eigenvalue weighted by molar-refractivity contribution is 5.95. The molecule has 0 aliphatic carbocycles. The summed E-state index contributed by atoms with van der Waals surface area (Å²) in [6, 6.07) is 10.8. The van der Waals surface area contributed by atoms with E-state index in [4.69, 9.17) is 4.98 Å². The first kappa shape index (κ1) is 22.3. The van der Waals surface area contributed by atoms with E-state index in [1.165, 1.54) is 11.1 Å². The molecule has 4 heterocycles. The van der Waals surface area contributed by atoms with Crippen molar-refractivity contribution in [2.24, 2.45) is 0 Å². The molecule has 7 nitrogen and oxygen atoms in total. The summed E-state index contributed by atoms with van der Waals surface area (Å²) in [7, 11) is 0. The summed E-state index contributed by atoms with van der Waals surface area (Å²) >= 11 is 0. The topological polar surface area (TPSA) is 68.3 Å². The van der Waals surface area contributed by atoms with Gasteiger partial charge in [0.1, 0.15) is 5.82 Å². The van der Waals surface area contributed by atoms with Gasteiger partial charge in [0.05, 0.1) is 17.0 Å². The van der Waals surface area contributed by atoms with Crippen molar-refractivity contribution >= 4 is 11.6 Å². The summed E-state index contributed by atoms with van der Waals surface area (Å²) in [5, 5.41) is 4.48. The molecule has 0 N–H and O–H groups in total. The Morgan fingerprint density at radius 3 is 2.53 bits per heavy atom. The largest absolute Gasteiger partial charge is 0.338 e. The van der Waals surface area contributed by atoms with E-state index in [9.17, 15) is 4.79 Å². The number of imidazole rings is 1. The van der Waals surface area contributed by atoms with Crippen molar-refractivity contribution in [3.63, 3.8) is 0 Å². The standard InChI is InChI=1S/C27H32N6O/c1-18(2)22-7-5-21(6-8-22)17-32-14-11-28-26(32)23-9-12-31(13-10-23)27(34)24-16-29-25-15-19(3)30-33(25)20(24)4/h5-8,11,14-16,18,23H,9-10,12-13,17H2,1-4H3. The Morgan fingerprint density at radius 1 is 1.09 bits per heavy atom. The molecule has 0 unspecified atom stereocenters. The molecule has 5 rings (SSSR count). The average Bonchev–Trinajstić information content (AvgIpc) is 3.45. The molecular formula is C27H32N6O.